The molecule has 2 aromatic carbocycles. The van der Waals surface area contributed by atoms with Crippen LogP contribution in [0.2, 0.25) is 0 Å². The summed E-state index contributed by atoms with van der Waals surface area (Å²) >= 11 is 0. The number of ether oxygens (including phenoxy) is 1. The van der Waals surface area contributed by atoms with Gasteiger partial charge in [0, 0.05) is 36.8 Å². The van der Waals surface area contributed by atoms with Crippen molar-refractivity contribution in [2.45, 2.75) is 25.3 Å². The van der Waals surface area contributed by atoms with E-state index in [1.54, 1.807) is 7.11 Å². The molecule has 0 unspecified atom stereocenters. The molecule has 26 heavy (non-hydrogen) atoms. The monoisotopic (exact) mass is 350 g/mol. The lowest BCUT2D eigenvalue weighted by Gasteiger charge is -2.25. The summed E-state index contributed by atoms with van der Waals surface area (Å²) in [6, 6.07) is 16.4. The highest BCUT2D eigenvalue weighted by Crippen LogP contribution is 2.30. The van der Waals surface area contributed by atoms with E-state index in [1.807, 2.05) is 53.4 Å². The molecule has 0 N–H and O–H groups in total. The Balaban J connectivity index is 1.52. The SMILES string of the molecule is COc1ccccc1-c1ccc(C(=O)N2CCCN3CCC[C@H]3C2)cc1. The lowest BCUT2D eigenvalue weighted by atomic mass is 10.0. The zero-order valence-electron chi connectivity index (χ0n) is 15.4. The maximum absolute atomic E-state index is 13.0. The second-order valence-electron chi connectivity index (χ2n) is 7.21. The Bertz CT molecular complexity index is 772. The van der Waals surface area contributed by atoms with Crippen LogP contribution in [0.1, 0.15) is 29.6 Å². The van der Waals surface area contributed by atoms with E-state index in [0.29, 0.717) is 6.04 Å². The number of hydrogen-bond acceptors (Lipinski definition) is 3. The number of hydrogen-bond donors (Lipinski definition) is 0. The highest BCUT2D eigenvalue weighted by Gasteiger charge is 2.30. The fraction of sp³-hybridized carbons (Fsp3) is 0.409. The van der Waals surface area contributed by atoms with Crippen LogP contribution >= 0.6 is 0 Å². The molecular formula is C22H26N2O2. The van der Waals surface area contributed by atoms with Crippen LogP contribution in [0.4, 0.5) is 0 Å². The second kappa shape index (κ2) is 7.50. The van der Waals surface area contributed by atoms with Crippen molar-refractivity contribution in [2.24, 2.45) is 0 Å². The van der Waals surface area contributed by atoms with Gasteiger partial charge < -0.3 is 9.64 Å². The lowest BCUT2D eigenvalue weighted by molar-refractivity contribution is 0.0743. The molecule has 2 fully saturated rings. The first-order chi connectivity index (χ1) is 12.8. The van der Waals surface area contributed by atoms with Gasteiger partial charge in [-0.3, -0.25) is 9.69 Å². The molecule has 1 amide bonds. The molecule has 0 aliphatic carbocycles. The van der Waals surface area contributed by atoms with Crippen LogP contribution in [0, 0.1) is 0 Å². The third kappa shape index (κ3) is 3.34. The summed E-state index contributed by atoms with van der Waals surface area (Å²) in [5.74, 6) is 1.01. The van der Waals surface area contributed by atoms with Gasteiger partial charge in [0.15, 0.2) is 0 Å². The maximum Gasteiger partial charge on any atom is 0.253 e. The largest absolute Gasteiger partial charge is 0.496 e. The van der Waals surface area contributed by atoms with E-state index < -0.39 is 0 Å². The van der Waals surface area contributed by atoms with Crippen LogP contribution in [-0.4, -0.2) is 55.0 Å². The third-order valence-electron chi connectivity index (χ3n) is 5.64. The Hall–Kier alpha value is -2.33. The quantitative estimate of drug-likeness (QED) is 0.847. The number of benzene rings is 2. The van der Waals surface area contributed by atoms with Crippen LogP contribution in [0.3, 0.4) is 0 Å². The maximum atomic E-state index is 13.0. The first-order valence-corrected chi connectivity index (χ1v) is 9.53. The van der Waals surface area contributed by atoms with Gasteiger partial charge in [-0.25, -0.2) is 0 Å². The molecule has 0 bridgehead atoms. The summed E-state index contributed by atoms with van der Waals surface area (Å²) < 4.78 is 5.45. The highest BCUT2D eigenvalue weighted by atomic mass is 16.5. The van der Waals surface area contributed by atoms with Crippen LogP contribution in [0.5, 0.6) is 5.75 Å². The summed E-state index contributed by atoms with van der Waals surface area (Å²) in [6.07, 6.45) is 3.55. The Kier molecular flexibility index (Phi) is 4.93. The number of carbonyl (C=O) groups is 1. The normalized spacial score (nSPS) is 20.5. The Morgan fingerprint density at radius 1 is 1.00 bits per heavy atom. The van der Waals surface area contributed by atoms with Gasteiger partial charge in [0.2, 0.25) is 0 Å². The first-order valence-electron chi connectivity index (χ1n) is 9.53. The number of nitrogens with zero attached hydrogens (tertiary/aromatic N) is 2. The van der Waals surface area contributed by atoms with Gasteiger partial charge in [0.05, 0.1) is 7.11 Å². The summed E-state index contributed by atoms with van der Waals surface area (Å²) in [7, 11) is 1.68. The number of carbonyl (C=O) groups excluding carboxylic acids is 1. The molecule has 0 radical (unpaired) electrons. The van der Waals surface area contributed by atoms with E-state index in [9.17, 15) is 4.79 Å². The van der Waals surface area contributed by atoms with Crippen molar-refractivity contribution >= 4 is 5.91 Å². The van der Waals surface area contributed by atoms with E-state index in [-0.39, 0.29) is 5.91 Å². The number of fused-ring (bicyclic) bond motifs is 1. The molecule has 0 saturated carbocycles. The number of methoxy groups -OCH3 is 1. The molecule has 4 nitrogen and oxygen atoms in total. The zero-order chi connectivity index (χ0) is 17.9. The number of para-hydroxylation sites is 1. The molecular weight excluding hydrogens is 324 g/mol. The van der Waals surface area contributed by atoms with Crippen molar-refractivity contribution in [1.29, 1.82) is 0 Å². The Morgan fingerprint density at radius 2 is 1.77 bits per heavy atom. The van der Waals surface area contributed by atoms with Gasteiger partial charge in [0.1, 0.15) is 5.75 Å². The van der Waals surface area contributed by atoms with E-state index >= 15 is 0 Å². The van der Waals surface area contributed by atoms with Crippen LogP contribution in [0.25, 0.3) is 11.1 Å². The van der Waals surface area contributed by atoms with Crippen LogP contribution in [-0.2, 0) is 0 Å². The van der Waals surface area contributed by atoms with Gasteiger partial charge in [-0.15, -0.1) is 0 Å². The first kappa shape index (κ1) is 17.1. The minimum atomic E-state index is 0.158. The third-order valence-corrected chi connectivity index (χ3v) is 5.64. The molecule has 2 saturated heterocycles. The molecule has 2 aliphatic heterocycles. The zero-order valence-corrected chi connectivity index (χ0v) is 15.4. The lowest BCUT2D eigenvalue weighted by Crippen LogP contribution is -2.39. The molecule has 2 aliphatic rings. The van der Waals surface area contributed by atoms with Gasteiger partial charge in [0.25, 0.3) is 5.91 Å². The fourth-order valence-corrected chi connectivity index (χ4v) is 4.25. The highest BCUT2D eigenvalue weighted by molar-refractivity contribution is 5.95. The van der Waals surface area contributed by atoms with Gasteiger partial charge >= 0.3 is 0 Å². The predicted octanol–water partition coefficient (Wildman–Crippen LogP) is 3.67. The van der Waals surface area contributed by atoms with Crippen molar-refractivity contribution in [3.63, 3.8) is 0 Å². The van der Waals surface area contributed by atoms with E-state index in [4.69, 9.17) is 4.74 Å². The number of amides is 1. The molecule has 1 atom stereocenters. The van der Waals surface area contributed by atoms with Crippen molar-refractivity contribution in [3.8, 4) is 16.9 Å². The summed E-state index contributed by atoms with van der Waals surface area (Å²) in [4.78, 5) is 17.6. The van der Waals surface area contributed by atoms with E-state index in [2.05, 4.69) is 4.90 Å². The summed E-state index contributed by atoms with van der Waals surface area (Å²) in [5.41, 5.74) is 2.89. The van der Waals surface area contributed by atoms with Crippen LogP contribution in [0.15, 0.2) is 48.5 Å². The summed E-state index contributed by atoms with van der Waals surface area (Å²) in [6.45, 7) is 4.05. The second-order valence-corrected chi connectivity index (χ2v) is 7.21. The van der Waals surface area contributed by atoms with Crippen LogP contribution < -0.4 is 4.74 Å². The molecule has 0 spiro atoms. The fourth-order valence-electron chi connectivity index (χ4n) is 4.25. The minimum Gasteiger partial charge on any atom is -0.496 e. The molecule has 2 aromatic rings. The van der Waals surface area contributed by atoms with Crippen molar-refractivity contribution in [3.05, 3.63) is 54.1 Å². The van der Waals surface area contributed by atoms with Gasteiger partial charge in [-0.05, 0) is 49.6 Å². The standard InChI is InChI=1S/C22H26N2O2/c1-26-21-8-3-2-7-20(21)17-9-11-18(12-10-17)22(25)24-15-5-14-23-13-4-6-19(23)16-24/h2-3,7-12,19H,4-6,13-16H2,1H3/t19-/m0/s1. The Labute approximate surface area is 155 Å². The van der Waals surface area contributed by atoms with Crippen molar-refractivity contribution in [1.82, 2.24) is 9.80 Å². The van der Waals surface area contributed by atoms with E-state index in [0.717, 1.165) is 48.5 Å². The van der Waals surface area contributed by atoms with Crippen molar-refractivity contribution in [2.75, 3.05) is 33.3 Å². The Morgan fingerprint density at radius 3 is 2.58 bits per heavy atom. The molecule has 136 valence electrons. The molecule has 0 aromatic heterocycles. The molecule has 4 rings (SSSR count). The van der Waals surface area contributed by atoms with E-state index in [1.165, 1.54) is 19.4 Å². The van der Waals surface area contributed by atoms with Crippen molar-refractivity contribution < 1.29 is 9.53 Å². The predicted molar refractivity (Wildman–Crippen MR) is 104 cm³/mol. The van der Waals surface area contributed by atoms with Gasteiger partial charge in [-0.2, -0.15) is 0 Å². The average molecular weight is 350 g/mol. The smallest absolute Gasteiger partial charge is 0.253 e. The number of rotatable bonds is 3. The topological polar surface area (TPSA) is 32.8 Å². The minimum absolute atomic E-state index is 0.158. The summed E-state index contributed by atoms with van der Waals surface area (Å²) in [5, 5.41) is 0. The van der Waals surface area contributed by atoms with Gasteiger partial charge in [-0.1, -0.05) is 30.3 Å². The molecule has 4 heteroatoms. The molecule has 2 heterocycles. The average Bonchev–Trinajstić information content (AvgIpc) is 3.04.